The molecule has 160 valence electrons. The van der Waals surface area contributed by atoms with Crippen molar-refractivity contribution in [3.8, 4) is 5.75 Å². The topological polar surface area (TPSA) is 82.1 Å². The Morgan fingerprint density at radius 2 is 1.72 bits per heavy atom. The Morgan fingerprint density at radius 3 is 2.28 bits per heavy atom. The number of alkyl halides is 3. The smallest absolute Gasteiger partial charge is 0.456 e. The molecule has 1 amide bonds. The number of halogens is 3. The molecule has 0 unspecified atom stereocenters. The summed E-state index contributed by atoms with van der Waals surface area (Å²) in [6.07, 6.45) is -4.49. The molecule has 1 atom stereocenters. The first-order valence-corrected chi connectivity index (χ1v) is 8.91. The van der Waals surface area contributed by atoms with Gasteiger partial charge in [0.25, 0.3) is 0 Å². The van der Waals surface area contributed by atoms with Gasteiger partial charge in [-0.1, -0.05) is 0 Å². The van der Waals surface area contributed by atoms with Crippen LogP contribution in [0.15, 0.2) is 24.3 Å². The summed E-state index contributed by atoms with van der Waals surface area (Å²) in [7, 11) is 0. The number of likely N-dealkylation sites (tertiary alicyclic amines) is 1. The van der Waals surface area contributed by atoms with E-state index in [2.05, 4.69) is 4.74 Å². The second-order valence-corrected chi connectivity index (χ2v) is 7.43. The number of carbonyl (C=O) groups excluding carboxylic acids is 3. The van der Waals surface area contributed by atoms with Crippen molar-refractivity contribution in [2.75, 3.05) is 13.2 Å². The van der Waals surface area contributed by atoms with Gasteiger partial charge in [-0.15, -0.1) is 13.2 Å². The highest BCUT2D eigenvalue weighted by Crippen LogP contribution is 2.24. The van der Waals surface area contributed by atoms with Gasteiger partial charge in [0, 0.05) is 12.1 Å². The van der Waals surface area contributed by atoms with Gasteiger partial charge in [-0.25, -0.2) is 9.59 Å². The number of hydrogen-bond donors (Lipinski definition) is 0. The van der Waals surface area contributed by atoms with Crippen LogP contribution in [0.1, 0.15) is 44.0 Å². The first kappa shape index (κ1) is 22.5. The fourth-order valence-corrected chi connectivity index (χ4v) is 2.71. The van der Waals surface area contributed by atoms with Gasteiger partial charge in [-0.2, -0.15) is 0 Å². The molecule has 1 heterocycles. The Morgan fingerprint density at radius 1 is 1.10 bits per heavy atom. The van der Waals surface area contributed by atoms with Crippen molar-refractivity contribution in [1.29, 1.82) is 0 Å². The van der Waals surface area contributed by atoms with Crippen LogP contribution in [-0.4, -0.2) is 53.9 Å². The zero-order valence-electron chi connectivity index (χ0n) is 16.2. The van der Waals surface area contributed by atoms with Gasteiger partial charge in [-0.05, 0) is 57.9 Å². The average molecular weight is 417 g/mol. The van der Waals surface area contributed by atoms with Crippen LogP contribution in [0.3, 0.4) is 0 Å². The fourth-order valence-electron chi connectivity index (χ4n) is 2.71. The summed E-state index contributed by atoms with van der Waals surface area (Å²) in [5, 5.41) is 0. The van der Waals surface area contributed by atoms with E-state index in [-0.39, 0.29) is 5.56 Å². The first-order valence-electron chi connectivity index (χ1n) is 8.91. The van der Waals surface area contributed by atoms with Crippen LogP contribution >= 0.6 is 0 Å². The summed E-state index contributed by atoms with van der Waals surface area (Å²) in [5.74, 6) is -1.80. The van der Waals surface area contributed by atoms with E-state index in [1.165, 1.54) is 4.90 Å². The van der Waals surface area contributed by atoms with Crippen LogP contribution in [0, 0.1) is 0 Å². The van der Waals surface area contributed by atoms with Crippen LogP contribution in [0.2, 0.25) is 0 Å². The monoisotopic (exact) mass is 417 g/mol. The highest BCUT2D eigenvalue weighted by molar-refractivity contribution is 5.98. The molecular weight excluding hydrogens is 395 g/mol. The lowest BCUT2D eigenvalue weighted by Gasteiger charge is -2.27. The minimum Gasteiger partial charge on any atom is -0.456 e. The van der Waals surface area contributed by atoms with Gasteiger partial charge >= 0.3 is 18.4 Å². The second kappa shape index (κ2) is 8.71. The molecule has 0 spiro atoms. The van der Waals surface area contributed by atoms with E-state index in [1.807, 2.05) is 0 Å². The zero-order chi connectivity index (χ0) is 21.8. The molecule has 1 fully saturated rings. The predicted molar refractivity (Wildman–Crippen MR) is 94.4 cm³/mol. The molecular formula is C19H22F3NO6. The Kier molecular flexibility index (Phi) is 6.76. The Hall–Kier alpha value is -2.78. The van der Waals surface area contributed by atoms with Crippen LogP contribution in [0.25, 0.3) is 0 Å². The summed E-state index contributed by atoms with van der Waals surface area (Å²) in [6, 6.07) is 3.41. The molecule has 0 radical (unpaired) electrons. The van der Waals surface area contributed by atoms with Crippen molar-refractivity contribution in [2.45, 2.75) is 51.6 Å². The lowest BCUT2D eigenvalue weighted by molar-refractivity contribution is -0.274. The van der Waals surface area contributed by atoms with Crippen LogP contribution in [0.4, 0.5) is 18.0 Å². The number of ether oxygens (including phenoxy) is 3. The molecule has 1 aliphatic rings. The third-order valence-corrected chi connectivity index (χ3v) is 3.91. The maximum absolute atomic E-state index is 12.3. The maximum atomic E-state index is 12.3. The summed E-state index contributed by atoms with van der Waals surface area (Å²) in [4.78, 5) is 37.9. The maximum Gasteiger partial charge on any atom is 0.573 e. The Balaban J connectivity index is 1.90. The van der Waals surface area contributed by atoms with Crippen molar-refractivity contribution < 1.29 is 41.8 Å². The molecule has 0 aromatic heterocycles. The minimum absolute atomic E-state index is 0.0581. The number of Topliss-reactive ketones (excluding diaryl/α,β-unsaturated/α-hetero) is 1. The van der Waals surface area contributed by atoms with E-state index < -0.39 is 48.2 Å². The molecule has 1 saturated heterocycles. The van der Waals surface area contributed by atoms with E-state index in [0.29, 0.717) is 19.4 Å². The molecule has 29 heavy (non-hydrogen) atoms. The quantitative estimate of drug-likeness (QED) is 0.537. The Labute approximate surface area is 165 Å². The number of carbonyl (C=O) groups is 3. The van der Waals surface area contributed by atoms with E-state index in [0.717, 1.165) is 24.3 Å². The van der Waals surface area contributed by atoms with Crippen molar-refractivity contribution in [1.82, 2.24) is 4.90 Å². The predicted octanol–water partition coefficient (Wildman–Crippen LogP) is 3.71. The van der Waals surface area contributed by atoms with Gasteiger partial charge in [0.05, 0.1) is 0 Å². The van der Waals surface area contributed by atoms with Gasteiger partial charge < -0.3 is 14.2 Å². The molecule has 0 saturated carbocycles. The molecule has 1 aromatic carbocycles. The number of esters is 1. The van der Waals surface area contributed by atoms with Gasteiger partial charge in [0.2, 0.25) is 0 Å². The second-order valence-electron chi connectivity index (χ2n) is 7.43. The third kappa shape index (κ3) is 6.95. The summed E-state index contributed by atoms with van der Waals surface area (Å²) in [5.41, 5.74) is -0.658. The first-order chi connectivity index (χ1) is 13.4. The highest BCUT2D eigenvalue weighted by atomic mass is 19.4. The van der Waals surface area contributed by atoms with E-state index in [9.17, 15) is 27.6 Å². The van der Waals surface area contributed by atoms with Gasteiger partial charge in [0.1, 0.15) is 17.4 Å². The molecule has 1 aromatic rings. The summed E-state index contributed by atoms with van der Waals surface area (Å²) >= 11 is 0. The number of amides is 1. The molecule has 0 aliphatic carbocycles. The lowest BCUT2D eigenvalue weighted by atomic mass is 10.1. The number of hydrogen-bond acceptors (Lipinski definition) is 6. The summed E-state index contributed by atoms with van der Waals surface area (Å²) in [6.45, 7) is 4.86. The van der Waals surface area contributed by atoms with Crippen LogP contribution in [-0.2, 0) is 14.3 Å². The van der Waals surface area contributed by atoms with Crippen molar-refractivity contribution in [3.05, 3.63) is 29.8 Å². The number of nitrogens with zero attached hydrogens (tertiary/aromatic N) is 1. The molecule has 0 bridgehead atoms. The molecule has 10 heteroatoms. The third-order valence-electron chi connectivity index (χ3n) is 3.91. The lowest BCUT2D eigenvalue weighted by Crippen LogP contribution is -2.44. The van der Waals surface area contributed by atoms with Gasteiger partial charge in [-0.3, -0.25) is 9.69 Å². The molecule has 7 nitrogen and oxygen atoms in total. The van der Waals surface area contributed by atoms with Crippen molar-refractivity contribution in [2.24, 2.45) is 0 Å². The normalized spacial score (nSPS) is 17.0. The van der Waals surface area contributed by atoms with E-state index in [4.69, 9.17) is 9.47 Å². The SMILES string of the molecule is CC(C)(C)OC(=O)N1CCC[C@H]1C(=O)OCC(=O)c1ccc(OC(F)(F)F)cc1. The molecule has 1 aliphatic heterocycles. The zero-order valence-corrected chi connectivity index (χ0v) is 16.2. The standard InChI is InChI=1S/C19H22F3NO6/c1-18(2,3)29-17(26)23-10-4-5-14(23)16(25)27-11-15(24)12-6-8-13(9-7-12)28-19(20,21)22/h6-9,14H,4-5,10-11H2,1-3H3/t14-/m0/s1. The van der Waals surface area contributed by atoms with Gasteiger partial charge in [0.15, 0.2) is 12.4 Å². The number of rotatable bonds is 5. The van der Waals surface area contributed by atoms with E-state index in [1.54, 1.807) is 20.8 Å². The van der Waals surface area contributed by atoms with E-state index >= 15 is 0 Å². The largest absolute Gasteiger partial charge is 0.573 e. The van der Waals surface area contributed by atoms with Crippen molar-refractivity contribution >= 4 is 17.8 Å². The average Bonchev–Trinajstić information content (AvgIpc) is 3.07. The fraction of sp³-hybridized carbons (Fsp3) is 0.526. The molecule has 0 N–H and O–H groups in total. The Bertz CT molecular complexity index is 755. The molecule has 2 rings (SSSR count). The van der Waals surface area contributed by atoms with Crippen molar-refractivity contribution in [3.63, 3.8) is 0 Å². The van der Waals surface area contributed by atoms with Crippen LogP contribution in [0.5, 0.6) is 5.75 Å². The number of ketones is 1. The highest BCUT2D eigenvalue weighted by Gasteiger charge is 2.38. The minimum atomic E-state index is -4.83. The summed E-state index contributed by atoms with van der Waals surface area (Å²) < 4.78 is 50.5. The van der Waals surface area contributed by atoms with Crippen LogP contribution < -0.4 is 4.74 Å². The number of benzene rings is 1.